The molecule has 0 bridgehead atoms. The van der Waals surface area contributed by atoms with Crippen molar-refractivity contribution in [3.63, 3.8) is 0 Å². The third kappa shape index (κ3) is 3.55. The number of benzene rings is 2. The number of nitrogens with zero attached hydrogens (tertiary/aromatic N) is 3. The summed E-state index contributed by atoms with van der Waals surface area (Å²) in [6.45, 7) is 4.78. The highest BCUT2D eigenvalue weighted by atomic mass is 35.5. The fourth-order valence-electron chi connectivity index (χ4n) is 2.73. The molecule has 3 aromatic rings. The molecule has 3 rings (SSSR count). The normalized spacial score (nSPS) is 10.8. The minimum absolute atomic E-state index is 0.204. The van der Waals surface area contributed by atoms with Gasteiger partial charge in [0.15, 0.2) is 0 Å². The number of hydrogen-bond donors (Lipinski definition) is 0. The molecular weight excluding hydrogens is 357 g/mol. The van der Waals surface area contributed by atoms with Crippen molar-refractivity contribution in [1.29, 1.82) is 0 Å². The lowest BCUT2D eigenvalue weighted by molar-refractivity contribution is 0.0780. The Balaban J connectivity index is 1.92. The summed E-state index contributed by atoms with van der Waals surface area (Å²) in [4.78, 5) is 19.0. The lowest BCUT2D eigenvalue weighted by atomic mass is 10.2. The molecule has 0 N–H and O–H groups in total. The van der Waals surface area contributed by atoms with Gasteiger partial charge in [0.1, 0.15) is 5.82 Å². The van der Waals surface area contributed by atoms with Crippen LogP contribution in [0.25, 0.3) is 11.0 Å². The predicted molar refractivity (Wildman–Crippen MR) is 102 cm³/mol. The largest absolute Gasteiger partial charge is 0.334 e. The molecule has 0 aliphatic rings. The monoisotopic (exact) mass is 373 g/mol. The summed E-state index contributed by atoms with van der Waals surface area (Å²) in [6, 6.07) is 12.7. The highest BCUT2D eigenvalue weighted by molar-refractivity contribution is 6.35. The van der Waals surface area contributed by atoms with E-state index in [1.165, 1.54) is 0 Å². The second-order valence-electron chi connectivity index (χ2n) is 5.70. The summed E-state index contributed by atoms with van der Waals surface area (Å²) in [5.74, 6) is 0.583. The Morgan fingerprint density at radius 2 is 2.04 bits per heavy atom. The minimum Gasteiger partial charge on any atom is -0.334 e. The van der Waals surface area contributed by atoms with Gasteiger partial charge >= 0.3 is 0 Å². The molecule has 1 heterocycles. The van der Waals surface area contributed by atoms with E-state index in [9.17, 15) is 4.79 Å². The molecule has 0 aliphatic heterocycles. The average Bonchev–Trinajstić information content (AvgIpc) is 2.94. The number of hydrogen-bond acceptors (Lipinski definition) is 2. The maximum absolute atomic E-state index is 12.7. The Bertz CT molecular complexity index is 949. The first-order valence-corrected chi connectivity index (χ1v) is 8.52. The van der Waals surface area contributed by atoms with Crippen LogP contribution in [-0.2, 0) is 13.1 Å². The number of halogens is 2. The molecule has 0 unspecified atom stereocenters. The van der Waals surface area contributed by atoms with Crippen LogP contribution < -0.4 is 0 Å². The first-order valence-electron chi connectivity index (χ1n) is 7.77. The molecule has 2 aromatic carbocycles. The van der Waals surface area contributed by atoms with Crippen LogP contribution in [0.15, 0.2) is 55.1 Å². The van der Waals surface area contributed by atoms with Crippen LogP contribution in [0.3, 0.4) is 0 Å². The summed E-state index contributed by atoms with van der Waals surface area (Å²) >= 11 is 12.1. The molecule has 0 spiro atoms. The Morgan fingerprint density at radius 3 is 2.80 bits per heavy atom. The van der Waals surface area contributed by atoms with E-state index in [-0.39, 0.29) is 5.91 Å². The van der Waals surface area contributed by atoms with Gasteiger partial charge in [-0.3, -0.25) is 4.79 Å². The standard InChI is InChI=1S/C19H17Cl2N3O/c1-3-10-24-17-7-5-4-6-16(17)22-18(24)12-23(2)19(25)14-11-13(20)8-9-15(14)21/h3-9,11H,1,10,12H2,2H3. The van der Waals surface area contributed by atoms with Crippen LogP contribution in [0.1, 0.15) is 16.2 Å². The van der Waals surface area contributed by atoms with Crippen molar-refractivity contribution in [3.8, 4) is 0 Å². The van der Waals surface area contributed by atoms with E-state index in [2.05, 4.69) is 11.6 Å². The predicted octanol–water partition coefficient (Wildman–Crippen LogP) is 4.80. The number of rotatable bonds is 5. The zero-order chi connectivity index (χ0) is 18.0. The first kappa shape index (κ1) is 17.5. The van der Waals surface area contributed by atoms with Crippen LogP contribution in [0.5, 0.6) is 0 Å². The zero-order valence-corrected chi connectivity index (χ0v) is 15.3. The number of para-hydroxylation sites is 2. The van der Waals surface area contributed by atoms with Crippen LogP contribution >= 0.6 is 23.2 Å². The third-order valence-corrected chi connectivity index (χ3v) is 4.49. The van der Waals surface area contributed by atoms with E-state index in [0.717, 1.165) is 16.9 Å². The summed E-state index contributed by atoms with van der Waals surface area (Å²) in [7, 11) is 1.72. The highest BCUT2D eigenvalue weighted by Gasteiger charge is 2.19. The minimum atomic E-state index is -0.204. The molecule has 4 nitrogen and oxygen atoms in total. The summed E-state index contributed by atoms with van der Waals surface area (Å²) in [6.07, 6.45) is 1.81. The van der Waals surface area contributed by atoms with Gasteiger partial charge < -0.3 is 9.47 Å². The third-order valence-electron chi connectivity index (χ3n) is 3.93. The molecule has 1 aromatic heterocycles. The van der Waals surface area contributed by atoms with Gasteiger partial charge in [0.25, 0.3) is 5.91 Å². The summed E-state index contributed by atoms with van der Waals surface area (Å²) in [5, 5.41) is 0.848. The van der Waals surface area contributed by atoms with E-state index in [1.807, 2.05) is 34.9 Å². The van der Waals surface area contributed by atoms with Crippen molar-refractivity contribution < 1.29 is 4.79 Å². The van der Waals surface area contributed by atoms with Crippen LogP contribution in [-0.4, -0.2) is 27.4 Å². The zero-order valence-electron chi connectivity index (χ0n) is 13.7. The Morgan fingerprint density at radius 1 is 1.28 bits per heavy atom. The second-order valence-corrected chi connectivity index (χ2v) is 6.55. The maximum Gasteiger partial charge on any atom is 0.255 e. The quantitative estimate of drug-likeness (QED) is 0.602. The van der Waals surface area contributed by atoms with Crippen molar-refractivity contribution in [3.05, 3.63) is 76.6 Å². The topological polar surface area (TPSA) is 38.1 Å². The number of carbonyl (C=O) groups is 1. The SMILES string of the molecule is C=CCn1c(CN(C)C(=O)c2cc(Cl)ccc2Cl)nc2ccccc21. The first-order chi connectivity index (χ1) is 12.0. The number of carbonyl (C=O) groups excluding carboxylic acids is 1. The molecule has 0 saturated heterocycles. The van der Waals surface area contributed by atoms with Crippen LogP contribution in [0.4, 0.5) is 0 Å². The molecule has 128 valence electrons. The van der Waals surface area contributed by atoms with Gasteiger partial charge in [-0.2, -0.15) is 0 Å². The Labute approximate surface area is 156 Å². The summed E-state index contributed by atoms with van der Waals surface area (Å²) in [5.41, 5.74) is 2.28. The van der Waals surface area contributed by atoms with Gasteiger partial charge in [0.2, 0.25) is 0 Å². The van der Waals surface area contributed by atoms with Gasteiger partial charge in [0, 0.05) is 18.6 Å². The lowest BCUT2D eigenvalue weighted by Crippen LogP contribution is -2.28. The van der Waals surface area contributed by atoms with Gasteiger partial charge in [0.05, 0.1) is 28.2 Å². The van der Waals surface area contributed by atoms with Gasteiger partial charge in [-0.25, -0.2) is 4.98 Å². The van der Waals surface area contributed by atoms with E-state index in [0.29, 0.717) is 28.7 Å². The fraction of sp³-hybridized carbons (Fsp3) is 0.158. The van der Waals surface area contributed by atoms with Crippen LogP contribution in [0, 0.1) is 0 Å². The number of fused-ring (bicyclic) bond motifs is 1. The van der Waals surface area contributed by atoms with Crippen molar-refractivity contribution >= 4 is 40.1 Å². The molecule has 0 fully saturated rings. The van der Waals surface area contributed by atoms with Crippen molar-refractivity contribution in [2.45, 2.75) is 13.1 Å². The molecule has 1 amide bonds. The number of amides is 1. The van der Waals surface area contributed by atoms with E-state index in [4.69, 9.17) is 23.2 Å². The molecule has 0 aliphatic carbocycles. The van der Waals surface area contributed by atoms with Crippen molar-refractivity contribution in [2.75, 3.05) is 7.05 Å². The maximum atomic E-state index is 12.7. The fourth-order valence-corrected chi connectivity index (χ4v) is 3.10. The van der Waals surface area contributed by atoms with Gasteiger partial charge in [-0.1, -0.05) is 41.4 Å². The number of allylic oxidation sites excluding steroid dienone is 1. The van der Waals surface area contributed by atoms with Gasteiger partial charge in [-0.15, -0.1) is 6.58 Å². The van der Waals surface area contributed by atoms with E-state index < -0.39 is 0 Å². The lowest BCUT2D eigenvalue weighted by Gasteiger charge is -2.18. The van der Waals surface area contributed by atoms with Gasteiger partial charge in [-0.05, 0) is 30.3 Å². The van der Waals surface area contributed by atoms with Crippen molar-refractivity contribution in [2.24, 2.45) is 0 Å². The molecule has 6 heteroatoms. The molecule has 0 saturated carbocycles. The summed E-state index contributed by atoms with van der Waals surface area (Å²) < 4.78 is 2.05. The van der Waals surface area contributed by atoms with Crippen LogP contribution in [0.2, 0.25) is 10.0 Å². The molecular formula is C19H17Cl2N3O. The number of imidazole rings is 1. The Kier molecular flexibility index (Phi) is 5.11. The Hall–Kier alpha value is -2.30. The smallest absolute Gasteiger partial charge is 0.255 e. The average molecular weight is 374 g/mol. The molecule has 25 heavy (non-hydrogen) atoms. The van der Waals surface area contributed by atoms with E-state index >= 15 is 0 Å². The highest BCUT2D eigenvalue weighted by Crippen LogP contribution is 2.23. The van der Waals surface area contributed by atoms with E-state index in [1.54, 1.807) is 30.1 Å². The molecule has 0 atom stereocenters. The second kappa shape index (κ2) is 7.30. The molecule has 0 radical (unpaired) electrons. The van der Waals surface area contributed by atoms with Crippen molar-refractivity contribution in [1.82, 2.24) is 14.5 Å². The number of aromatic nitrogens is 2.